The van der Waals surface area contributed by atoms with Gasteiger partial charge in [-0.05, 0) is 49.7 Å². The number of H-pyrrole nitrogens is 1. The van der Waals surface area contributed by atoms with Gasteiger partial charge in [-0.2, -0.15) is 0 Å². The van der Waals surface area contributed by atoms with E-state index in [0.29, 0.717) is 22.7 Å². The molecule has 2 aromatic rings. The molecule has 0 radical (unpaired) electrons. The Kier molecular flexibility index (Phi) is 3.32. The Morgan fingerprint density at radius 3 is 2.48 bits per heavy atom. The summed E-state index contributed by atoms with van der Waals surface area (Å²) in [6.07, 6.45) is 4.73. The number of hydrogen-bond donors (Lipinski definition) is 2. The molecule has 0 saturated heterocycles. The quantitative estimate of drug-likeness (QED) is 0.863. The van der Waals surface area contributed by atoms with Crippen LogP contribution in [-0.4, -0.2) is 21.5 Å². The maximum atomic E-state index is 12.4. The Labute approximate surface area is 132 Å². The predicted molar refractivity (Wildman–Crippen MR) is 86.2 cm³/mol. The fourth-order valence-corrected chi connectivity index (χ4v) is 3.31. The van der Waals surface area contributed by atoms with E-state index >= 15 is 0 Å². The molecule has 0 aliphatic heterocycles. The molecule has 2 N–H and O–H groups in total. The zero-order valence-corrected chi connectivity index (χ0v) is 12.7. The first-order chi connectivity index (χ1) is 11.1. The molecule has 120 valence electrons. The lowest BCUT2D eigenvalue weighted by Gasteiger charge is -2.18. The number of aromatic amines is 1. The van der Waals surface area contributed by atoms with E-state index in [1.165, 1.54) is 30.3 Å². The highest BCUT2D eigenvalue weighted by molar-refractivity contribution is 5.81. The number of amides is 1. The fraction of sp³-hybridized carbons (Fsp3) is 0.471. The number of fused-ring (bicyclic) bond motifs is 1. The van der Waals surface area contributed by atoms with Crippen molar-refractivity contribution < 1.29 is 4.79 Å². The molecule has 2 saturated carbocycles. The van der Waals surface area contributed by atoms with Crippen LogP contribution in [0.2, 0.25) is 0 Å². The van der Waals surface area contributed by atoms with Gasteiger partial charge in [0, 0.05) is 6.04 Å². The van der Waals surface area contributed by atoms with E-state index in [1.807, 2.05) is 0 Å². The third kappa shape index (κ3) is 2.81. The summed E-state index contributed by atoms with van der Waals surface area (Å²) >= 11 is 0. The van der Waals surface area contributed by atoms with Crippen molar-refractivity contribution in [3.8, 4) is 0 Å². The zero-order chi connectivity index (χ0) is 16.0. The second kappa shape index (κ2) is 5.37. The SMILES string of the molecule is O=C(Cn1c(=O)[nH]c(=O)c2ccccc21)NC(C1CC1)C1CC1. The van der Waals surface area contributed by atoms with Crippen molar-refractivity contribution in [3.05, 3.63) is 45.1 Å². The van der Waals surface area contributed by atoms with E-state index in [9.17, 15) is 14.4 Å². The van der Waals surface area contributed by atoms with Crippen molar-refractivity contribution >= 4 is 16.8 Å². The highest BCUT2D eigenvalue weighted by atomic mass is 16.2. The second-order valence-electron chi connectivity index (χ2n) is 6.63. The van der Waals surface area contributed by atoms with Crippen LogP contribution in [-0.2, 0) is 11.3 Å². The molecular weight excluding hydrogens is 294 g/mol. The van der Waals surface area contributed by atoms with E-state index < -0.39 is 11.2 Å². The first kappa shape index (κ1) is 14.2. The monoisotopic (exact) mass is 313 g/mol. The van der Waals surface area contributed by atoms with Crippen LogP contribution in [0.5, 0.6) is 0 Å². The van der Waals surface area contributed by atoms with Crippen molar-refractivity contribution in [2.75, 3.05) is 0 Å². The fourth-order valence-electron chi connectivity index (χ4n) is 3.31. The molecule has 1 amide bonds. The maximum Gasteiger partial charge on any atom is 0.329 e. The Hall–Kier alpha value is -2.37. The van der Waals surface area contributed by atoms with Gasteiger partial charge in [0.2, 0.25) is 5.91 Å². The highest BCUT2D eigenvalue weighted by Gasteiger charge is 2.42. The van der Waals surface area contributed by atoms with E-state index in [4.69, 9.17) is 0 Å². The van der Waals surface area contributed by atoms with Gasteiger partial charge < -0.3 is 5.32 Å². The number of para-hydroxylation sites is 1. The van der Waals surface area contributed by atoms with Gasteiger partial charge >= 0.3 is 5.69 Å². The summed E-state index contributed by atoms with van der Waals surface area (Å²) in [5.74, 6) is 1.05. The molecule has 1 aromatic carbocycles. The lowest BCUT2D eigenvalue weighted by molar-refractivity contribution is -0.122. The Morgan fingerprint density at radius 1 is 1.17 bits per heavy atom. The molecule has 0 spiro atoms. The minimum absolute atomic E-state index is 0.0634. The number of aromatic nitrogens is 2. The number of benzene rings is 1. The molecule has 0 unspecified atom stereocenters. The Morgan fingerprint density at radius 2 is 1.83 bits per heavy atom. The molecule has 23 heavy (non-hydrogen) atoms. The minimum Gasteiger partial charge on any atom is -0.351 e. The van der Waals surface area contributed by atoms with Crippen LogP contribution < -0.4 is 16.6 Å². The average Bonchev–Trinajstić information content (AvgIpc) is 3.42. The van der Waals surface area contributed by atoms with Crippen molar-refractivity contribution in [2.45, 2.75) is 38.3 Å². The first-order valence-electron chi connectivity index (χ1n) is 8.15. The van der Waals surface area contributed by atoms with Gasteiger partial charge in [0.05, 0.1) is 10.9 Å². The average molecular weight is 313 g/mol. The number of nitrogens with zero attached hydrogens (tertiary/aromatic N) is 1. The van der Waals surface area contributed by atoms with Gasteiger partial charge in [-0.25, -0.2) is 4.79 Å². The van der Waals surface area contributed by atoms with E-state index in [1.54, 1.807) is 24.3 Å². The molecule has 1 aromatic heterocycles. The standard InChI is InChI=1S/C17H19N3O3/c21-14(18-15(10-5-6-10)11-7-8-11)9-20-13-4-2-1-3-12(13)16(22)19-17(20)23/h1-4,10-11,15H,5-9H2,(H,18,21)(H,19,22,23). The number of rotatable bonds is 5. The highest BCUT2D eigenvalue weighted by Crippen LogP contribution is 2.44. The van der Waals surface area contributed by atoms with Gasteiger partial charge in [0.1, 0.15) is 6.54 Å². The number of nitrogens with one attached hydrogen (secondary N) is 2. The summed E-state index contributed by atoms with van der Waals surface area (Å²) in [4.78, 5) is 38.6. The normalized spacial score (nSPS) is 17.6. The molecular formula is C17H19N3O3. The van der Waals surface area contributed by atoms with Crippen molar-refractivity contribution in [1.82, 2.24) is 14.9 Å². The van der Waals surface area contributed by atoms with Crippen molar-refractivity contribution in [1.29, 1.82) is 0 Å². The first-order valence-corrected chi connectivity index (χ1v) is 8.15. The third-order valence-corrected chi connectivity index (χ3v) is 4.79. The van der Waals surface area contributed by atoms with Crippen LogP contribution in [0.4, 0.5) is 0 Å². The van der Waals surface area contributed by atoms with Crippen LogP contribution in [0.1, 0.15) is 25.7 Å². The molecule has 2 aliphatic carbocycles. The summed E-state index contributed by atoms with van der Waals surface area (Å²) in [6, 6.07) is 7.10. The van der Waals surface area contributed by atoms with Gasteiger partial charge in [0.25, 0.3) is 5.56 Å². The number of carbonyl (C=O) groups is 1. The van der Waals surface area contributed by atoms with Crippen LogP contribution in [0.15, 0.2) is 33.9 Å². The van der Waals surface area contributed by atoms with Crippen LogP contribution >= 0.6 is 0 Å². The van der Waals surface area contributed by atoms with Gasteiger partial charge in [-0.3, -0.25) is 19.1 Å². The Balaban J connectivity index is 1.61. The minimum atomic E-state index is -0.543. The smallest absolute Gasteiger partial charge is 0.329 e. The summed E-state index contributed by atoms with van der Waals surface area (Å²) < 4.78 is 1.34. The summed E-state index contributed by atoms with van der Waals surface area (Å²) in [5.41, 5.74) is -0.472. The van der Waals surface area contributed by atoms with Crippen molar-refractivity contribution in [3.63, 3.8) is 0 Å². The Bertz CT molecular complexity index is 863. The molecule has 2 aliphatic rings. The zero-order valence-electron chi connectivity index (χ0n) is 12.7. The van der Waals surface area contributed by atoms with Crippen molar-refractivity contribution in [2.24, 2.45) is 11.8 Å². The lowest BCUT2D eigenvalue weighted by Crippen LogP contribution is -2.42. The van der Waals surface area contributed by atoms with Gasteiger partial charge in [-0.1, -0.05) is 12.1 Å². The van der Waals surface area contributed by atoms with E-state index in [0.717, 1.165) is 0 Å². The molecule has 0 bridgehead atoms. The molecule has 6 heteroatoms. The van der Waals surface area contributed by atoms with Crippen LogP contribution in [0, 0.1) is 11.8 Å². The predicted octanol–water partition coefficient (Wildman–Crippen LogP) is 0.995. The van der Waals surface area contributed by atoms with Crippen LogP contribution in [0.3, 0.4) is 0 Å². The number of hydrogen-bond acceptors (Lipinski definition) is 3. The molecule has 0 atom stereocenters. The molecule has 2 fully saturated rings. The lowest BCUT2D eigenvalue weighted by atomic mass is 10.1. The third-order valence-electron chi connectivity index (χ3n) is 4.79. The summed E-state index contributed by atoms with van der Waals surface area (Å²) in [5, 5.41) is 3.52. The summed E-state index contributed by atoms with van der Waals surface area (Å²) in [7, 11) is 0. The molecule has 1 heterocycles. The molecule has 6 nitrogen and oxygen atoms in total. The second-order valence-corrected chi connectivity index (χ2v) is 6.63. The van der Waals surface area contributed by atoms with Crippen LogP contribution in [0.25, 0.3) is 10.9 Å². The maximum absolute atomic E-state index is 12.4. The van der Waals surface area contributed by atoms with E-state index in [2.05, 4.69) is 10.3 Å². The molecule has 4 rings (SSSR count). The topological polar surface area (TPSA) is 84.0 Å². The van der Waals surface area contributed by atoms with Gasteiger partial charge in [0.15, 0.2) is 0 Å². The van der Waals surface area contributed by atoms with E-state index in [-0.39, 0.29) is 18.5 Å². The largest absolute Gasteiger partial charge is 0.351 e. The van der Waals surface area contributed by atoms with Gasteiger partial charge in [-0.15, -0.1) is 0 Å². The summed E-state index contributed by atoms with van der Waals surface area (Å²) in [6.45, 7) is -0.0634. The number of carbonyl (C=O) groups excluding carboxylic acids is 1.